The number of aromatic nitrogens is 1. The number of aliphatic imine (C=N–C) groups is 1. The molecule has 4 aromatic rings. The lowest BCUT2D eigenvalue weighted by Crippen LogP contribution is -2.04. The van der Waals surface area contributed by atoms with Crippen molar-refractivity contribution in [2.24, 2.45) is 4.99 Å². The fourth-order valence-corrected chi connectivity index (χ4v) is 3.82. The molecule has 0 fully saturated rings. The Hall–Kier alpha value is -3.67. The van der Waals surface area contributed by atoms with Crippen LogP contribution in [0.3, 0.4) is 0 Å². The zero-order valence-corrected chi connectivity index (χ0v) is 15.5. The van der Waals surface area contributed by atoms with Crippen molar-refractivity contribution in [3.8, 4) is 0 Å². The molecule has 0 atom stereocenters. The van der Waals surface area contributed by atoms with Gasteiger partial charge in [0, 0.05) is 45.6 Å². The van der Waals surface area contributed by atoms with Crippen LogP contribution in [0.5, 0.6) is 0 Å². The molecule has 2 nitrogen and oxygen atoms in total. The molecule has 1 aliphatic rings. The molecule has 1 aromatic heterocycles. The SMILES string of the molecule is Fc1cccc2c1N=CC2=C(c1ccc(C(F)(F)F)cc1)c1c[nH]c2ccccc12. The van der Waals surface area contributed by atoms with E-state index in [1.807, 2.05) is 30.5 Å². The van der Waals surface area contributed by atoms with E-state index in [0.717, 1.165) is 28.6 Å². The third kappa shape index (κ3) is 2.92. The molecule has 0 amide bonds. The molecule has 2 heterocycles. The summed E-state index contributed by atoms with van der Waals surface area (Å²) in [5.74, 6) is -0.440. The van der Waals surface area contributed by atoms with Gasteiger partial charge in [0.15, 0.2) is 0 Å². The van der Waals surface area contributed by atoms with Gasteiger partial charge < -0.3 is 4.98 Å². The summed E-state index contributed by atoms with van der Waals surface area (Å²) in [6.07, 6.45) is -1.03. The number of halogens is 4. The van der Waals surface area contributed by atoms with E-state index in [1.54, 1.807) is 18.3 Å². The van der Waals surface area contributed by atoms with Crippen LogP contribution in [0.1, 0.15) is 22.3 Å². The number of allylic oxidation sites excluding steroid dienone is 1. The van der Waals surface area contributed by atoms with Gasteiger partial charge in [-0.25, -0.2) is 4.39 Å². The topological polar surface area (TPSA) is 28.1 Å². The fraction of sp³-hybridized carbons (Fsp3) is 0.0417. The Labute approximate surface area is 169 Å². The first-order chi connectivity index (χ1) is 14.4. The average Bonchev–Trinajstić information content (AvgIpc) is 3.34. The Bertz CT molecular complexity index is 1330. The zero-order valence-electron chi connectivity index (χ0n) is 15.5. The van der Waals surface area contributed by atoms with Crippen LogP contribution < -0.4 is 0 Å². The highest BCUT2D eigenvalue weighted by Crippen LogP contribution is 2.42. The van der Waals surface area contributed by atoms with Gasteiger partial charge in [-0.05, 0) is 29.8 Å². The van der Waals surface area contributed by atoms with Crippen LogP contribution >= 0.6 is 0 Å². The molecule has 5 rings (SSSR count). The van der Waals surface area contributed by atoms with Crippen LogP contribution in [-0.4, -0.2) is 11.2 Å². The van der Waals surface area contributed by atoms with Gasteiger partial charge in [0.25, 0.3) is 0 Å². The number of rotatable bonds is 2. The molecule has 3 aromatic carbocycles. The standard InChI is InChI=1S/C24H14F4N2/c25-20-6-3-5-17-19(13-30-23(17)20)22(14-8-10-15(11-9-14)24(26,27)28)18-12-29-21-7-2-1-4-16(18)21/h1-13,29H. The van der Waals surface area contributed by atoms with Crippen LogP contribution in [0.2, 0.25) is 0 Å². The predicted molar refractivity (Wildman–Crippen MR) is 110 cm³/mol. The first kappa shape index (κ1) is 18.4. The number of nitrogens with one attached hydrogen (secondary N) is 1. The van der Waals surface area contributed by atoms with Crippen LogP contribution in [0.4, 0.5) is 23.2 Å². The zero-order chi connectivity index (χ0) is 20.9. The van der Waals surface area contributed by atoms with E-state index in [4.69, 9.17) is 0 Å². The van der Waals surface area contributed by atoms with E-state index in [1.165, 1.54) is 18.2 Å². The summed E-state index contributed by atoms with van der Waals surface area (Å²) in [5, 5.41) is 0.915. The lowest BCUT2D eigenvalue weighted by molar-refractivity contribution is -0.137. The van der Waals surface area contributed by atoms with Gasteiger partial charge in [0.05, 0.1) is 5.56 Å². The quantitative estimate of drug-likeness (QED) is 0.347. The van der Waals surface area contributed by atoms with Gasteiger partial charge in [-0.1, -0.05) is 42.5 Å². The summed E-state index contributed by atoms with van der Waals surface area (Å²) >= 11 is 0. The molecule has 0 saturated carbocycles. The Morgan fingerprint density at radius 2 is 1.63 bits per heavy atom. The van der Waals surface area contributed by atoms with Gasteiger partial charge in [-0.15, -0.1) is 0 Å². The molecule has 0 spiro atoms. The monoisotopic (exact) mass is 406 g/mol. The highest BCUT2D eigenvalue weighted by atomic mass is 19.4. The van der Waals surface area contributed by atoms with Crippen LogP contribution in [0, 0.1) is 5.82 Å². The highest BCUT2D eigenvalue weighted by Gasteiger charge is 2.30. The van der Waals surface area contributed by atoms with Crippen molar-refractivity contribution in [2.75, 3.05) is 0 Å². The molecule has 0 unspecified atom stereocenters. The predicted octanol–water partition coefficient (Wildman–Crippen LogP) is 7.00. The van der Waals surface area contributed by atoms with Crippen molar-refractivity contribution in [1.82, 2.24) is 4.98 Å². The number of benzene rings is 3. The number of hydrogen-bond acceptors (Lipinski definition) is 1. The Morgan fingerprint density at radius 3 is 2.40 bits per heavy atom. The second kappa shape index (κ2) is 6.69. The number of H-pyrrole nitrogens is 1. The van der Waals surface area contributed by atoms with Gasteiger partial charge >= 0.3 is 6.18 Å². The minimum atomic E-state index is -4.42. The third-order valence-electron chi connectivity index (χ3n) is 5.23. The second-order valence-corrected chi connectivity index (χ2v) is 7.01. The maximum atomic E-state index is 14.2. The maximum Gasteiger partial charge on any atom is 0.416 e. The van der Waals surface area contributed by atoms with Crippen molar-refractivity contribution >= 4 is 34.0 Å². The lowest BCUT2D eigenvalue weighted by atomic mass is 9.89. The van der Waals surface area contributed by atoms with E-state index < -0.39 is 17.6 Å². The fourth-order valence-electron chi connectivity index (χ4n) is 3.82. The summed E-state index contributed by atoms with van der Waals surface area (Å²) in [7, 11) is 0. The molecular weight excluding hydrogens is 392 g/mol. The van der Waals surface area contributed by atoms with Crippen molar-refractivity contribution in [3.05, 3.63) is 101 Å². The first-order valence-electron chi connectivity index (χ1n) is 9.25. The normalized spacial score (nSPS) is 14.9. The van der Waals surface area contributed by atoms with Crippen LogP contribution in [-0.2, 0) is 6.18 Å². The second-order valence-electron chi connectivity index (χ2n) is 7.01. The van der Waals surface area contributed by atoms with Crippen LogP contribution in [0.25, 0.3) is 22.0 Å². The molecule has 0 radical (unpaired) electrons. The van der Waals surface area contributed by atoms with Crippen molar-refractivity contribution < 1.29 is 17.6 Å². The Morgan fingerprint density at radius 1 is 0.867 bits per heavy atom. The summed E-state index contributed by atoms with van der Waals surface area (Å²) in [5.41, 5.74) is 3.76. The molecule has 148 valence electrons. The van der Waals surface area contributed by atoms with Crippen LogP contribution in [0.15, 0.2) is 77.9 Å². The number of aromatic amines is 1. The molecule has 1 aliphatic heterocycles. The number of nitrogens with zero attached hydrogens (tertiary/aromatic N) is 1. The van der Waals surface area contributed by atoms with Gasteiger partial charge in [-0.2, -0.15) is 13.2 Å². The number of alkyl halides is 3. The molecule has 6 heteroatoms. The van der Waals surface area contributed by atoms with E-state index >= 15 is 0 Å². The van der Waals surface area contributed by atoms with Crippen molar-refractivity contribution in [1.29, 1.82) is 0 Å². The Balaban J connectivity index is 1.79. The lowest BCUT2D eigenvalue weighted by Gasteiger charge is -2.13. The first-order valence-corrected chi connectivity index (χ1v) is 9.25. The summed E-state index contributed by atoms with van der Waals surface area (Å²) in [6, 6.07) is 17.3. The van der Waals surface area contributed by atoms with Crippen molar-refractivity contribution in [2.45, 2.75) is 6.18 Å². The number of para-hydroxylation sites is 2. The molecule has 0 aliphatic carbocycles. The largest absolute Gasteiger partial charge is 0.416 e. The smallest absolute Gasteiger partial charge is 0.361 e. The van der Waals surface area contributed by atoms with E-state index in [-0.39, 0.29) is 5.69 Å². The third-order valence-corrected chi connectivity index (χ3v) is 5.23. The molecule has 30 heavy (non-hydrogen) atoms. The molecule has 0 saturated heterocycles. The summed E-state index contributed by atoms with van der Waals surface area (Å²) in [6.45, 7) is 0. The average molecular weight is 406 g/mol. The maximum absolute atomic E-state index is 14.2. The molecule has 0 bridgehead atoms. The Kier molecular flexibility index (Phi) is 4.10. The summed E-state index contributed by atoms with van der Waals surface area (Å²) in [4.78, 5) is 7.43. The molecule has 1 N–H and O–H groups in total. The van der Waals surface area contributed by atoms with E-state index in [9.17, 15) is 17.6 Å². The van der Waals surface area contributed by atoms with Gasteiger partial charge in [0.1, 0.15) is 11.5 Å². The molecular formula is C24H14F4N2. The number of fused-ring (bicyclic) bond motifs is 2. The van der Waals surface area contributed by atoms with Gasteiger partial charge in [-0.3, -0.25) is 4.99 Å². The highest BCUT2D eigenvalue weighted by molar-refractivity contribution is 6.27. The minimum absolute atomic E-state index is 0.233. The summed E-state index contributed by atoms with van der Waals surface area (Å²) < 4.78 is 53.4. The van der Waals surface area contributed by atoms with E-state index in [2.05, 4.69) is 9.98 Å². The minimum Gasteiger partial charge on any atom is -0.361 e. The van der Waals surface area contributed by atoms with Crippen molar-refractivity contribution in [3.63, 3.8) is 0 Å². The van der Waals surface area contributed by atoms with Gasteiger partial charge in [0.2, 0.25) is 0 Å². The van der Waals surface area contributed by atoms with E-state index in [0.29, 0.717) is 22.3 Å². The number of hydrogen-bond donors (Lipinski definition) is 1.